The molecule has 1 saturated carbocycles. The molecule has 2 unspecified atom stereocenters. The predicted molar refractivity (Wildman–Crippen MR) is 482 cm³/mol. The second-order valence-corrected chi connectivity index (χ2v) is 37.9. The van der Waals surface area contributed by atoms with Gasteiger partial charge in [-0.1, -0.05) is 68.5 Å². The first kappa shape index (κ1) is 118. The van der Waals surface area contributed by atoms with Crippen LogP contribution in [-0.4, -0.2) is 370 Å². The van der Waals surface area contributed by atoms with Crippen LogP contribution in [0.2, 0.25) is 0 Å². The van der Waals surface area contributed by atoms with Gasteiger partial charge >= 0.3 is 167 Å². The first-order valence-electron chi connectivity index (χ1n) is 40.6. The summed E-state index contributed by atoms with van der Waals surface area (Å²) >= 11 is 0.0347. The molecule has 6 aliphatic rings. The molecule has 1 aromatic heterocycles. The van der Waals surface area contributed by atoms with Gasteiger partial charge in [-0.15, -0.1) is 0 Å². The van der Waals surface area contributed by atoms with Crippen LogP contribution in [0.25, 0.3) is 0 Å². The standard InChI is InChI=1S/C17H37N5.C16H29N5.C15H23N5.C15H35N5.C11H27N5.10ClH.5Mn/c1-2-4-16(5-3-1)14-17-15-21-11-10-19-7-6-18-8-9-20-12-13-22-17;1-2-4-15(5-3-1)16-14-20-11-10-18-7-6-17-8-9-19-12-13-21-16;1-12-14-4-3-5-15(20-14)13(2)19-11-9-17-7-6-16-8-10-18-12;1-16-6-8-17(2)10-12-19(4)14-15-20(5)13-11-18(3)9-7-16;1-11-10-15-7-6-13-3-2-12-4-5-14-8-9-16-11;;;;;;;;;;;;;;;/h16-22H,1-15H2;1-5,16-21H,6-14H2;3-5,16-17H,6-11H2,1-2H3;6-15H2,1-5H3;11-16H,2-10H2,1H3;10*1H;;;;;/q;;;;;;;;;;;;;;;5*+2/p-10/t;;;;11-;;;;;;;;;;;;;;;/m....1.............../s1. The van der Waals surface area contributed by atoms with Gasteiger partial charge in [0, 0.05) is 286 Å². The maximum Gasteiger partial charge on any atom is 0.0447 e. The van der Waals surface area contributed by atoms with Crippen LogP contribution in [0.1, 0.15) is 82.3 Å². The van der Waals surface area contributed by atoms with Crippen LogP contribution in [0, 0.1) is 5.92 Å². The molecule has 40 heteroatoms. The largest absolute Gasteiger partial charge is 0.314 e. The molecule has 2 bridgehead atoms. The number of hydrogen-bond donors (Lipinski definition) is 17. The minimum Gasteiger partial charge on any atom is -0.314 e. The number of pyridine rings is 1. The fourth-order valence-corrected chi connectivity index (χ4v) is 12.1. The molecular weight excluding hydrogens is 1870 g/mol. The third-order valence-corrected chi connectivity index (χ3v) is 18.8. The molecule has 2 aromatic rings. The van der Waals surface area contributed by atoms with Crippen LogP contribution in [-0.2, 0) is 65.7 Å². The van der Waals surface area contributed by atoms with Crippen LogP contribution < -0.4 is 90.4 Å². The van der Waals surface area contributed by atoms with Crippen molar-refractivity contribution in [2.24, 2.45) is 15.9 Å². The second-order valence-electron chi connectivity index (χ2n) is 28.2. The van der Waals surface area contributed by atoms with Crippen molar-refractivity contribution in [2.45, 2.75) is 77.4 Å². The minimum atomic E-state index is 0.00694. The van der Waals surface area contributed by atoms with Crippen molar-refractivity contribution in [3.63, 3.8) is 0 Å². The summed E-state index contributed by atoms with van der Waals surface area (Å²) in [6.07, 6.45) is 8.60. The summed E-state index contributed by atoms with van der Waals surface area (Å²) in [5.41, 5.74) is 5.18. The summed E-state index contributed by atoms with van der Waals surface area (Å²) in [6.45, 7) is 51.3. The summed E-state index contributed by atoms with van der Waals surface area (Å²) in [7, 11) is 59.1. The fourth-order valence-electron chi connectivity index (χ4n) is 12.1. The quantitative estimate of drug-likeness (QED) is 0.163. The Morgan fingerprint density at radius 1 is 0.325 bits per heavy atom. The van der Waals surface area contributed by atoms with Gasteiger partial charge in [0.25, 0.3) is 0 Å². The van der Waals surface area contributed by atoms with Crippen LogP contribution >= 0.6 is 101 Å². The van der Waals surface area contributed by atoms with E-state index in [-0.39, 0.29) is 65.7 Å². The number of rotatable bonds is 3. The van der Waals surface area contributed by atoms with Gasteiger partial charge in [-0.25, -0.2) is 4.98 Å². The third kappa shape index (κ3) is 82.6. The average Bonchev–Trinajstić information content (AvgIpc) is 0.918. The topological polar surface area (TPSA) is 258 Å². The Morgan fingerprint density at radius 3 is 0.947 bits per heavy atom. The molecule has 3 atom stereocenters. The Morgan fingerprint density at radius 2 is 0.605 bits per heavy atom. The second kappa shape index (κ2) is 94.5. The molecule has 25 nitrogen and oxygen atoms in total. The van der Waals surface area contributed by atoms with E-state index < -0.39 is 0 Å². The number of nitrogens with one attached hydrogen (secondary N) is 17. The fraction of sp³-hybridized carbons (Fsp3) is 0.824. The van der Waals surface area contributed by atoms with Crippen molar-refractivity contribution in [3.05, 3.63) is 65.5 Å². The minimum absolute atomic E-state index is 0.00694. The summed E-state index contributed by atoms with van der Waals surface area (Å²) < 4.78 is 0. The van der Waals surface area contributed by atoms with E-state index in [1.807, 2.05) is 32.0 Å². The Bertz CT molecular complexity index is 2160. The number of hydrogen-bond acceptors (Lipinski definition) is 25. The van der Waals surface area contributed by atoms with Crippen molar-refractivity contribution in [1.29, 1.82) is 0 Å². The monoisotopic (exact) mass is 2010 g/mol. The van der Waals surface area contributed by atoms with Crippen molar-refractivity contribution >= 4 is 112 Å². The number of likely N-dealkylation sites (N-methyl/N-ethyl adjacent to an activating group) is 5. The molecule has 17 N–H and O–H groups in total. The van der Waals surface area contributed by atoms with E-state index in [0.717, 1.165) is 310 Å². The zero-order valence-electron chi connectivity index (χ0n) is 69.8. The summed E-state index contributed by atoms with van der Waals surface area (Å²) in [6, 6.07) is 18.3. The number of halogens is 10. The Kier molecular flexibility index (Phi) is 98.1. The molecule has 1 aromatic carbocycles. The molecule has 0 radical (unpaired) electrons. The van der Waals surface area contributed by atoms with Crippen LogP contribution in [0.15, 0.2) is 58.5 Å². The summed E-state index contributed by atoms with van der Waals surface area (Å²) in [5.74, 6) is 0.949. The van der Waals surface area contributed by atoms with Gasteiger partial charge in [0.15, 0.2) is 0 Å². The van der Waals surface area contributed by atoms with E-state index in [1.54, 1.807) is 0 Å². The van der Waals surface area contributed by atoms with E-state index in [9.17, 15) is 0 Å². The van der Waals surface area contributed by atoms with Gasteiger partial charge in [-0.3, -0.25) is 9.98 Å². The van der Waals surface area contributed by atoms with Crippen LogP contribution in [0.5, 0.6) is 0 Å². The van der Waals surface area contributed by atoms with E-state index in [4.69, 9.17) is 101 Å². The Balaban J connectivity index is 0. The SMILES string of the molecule is C1CCC(CC2CNCCNCCNCCNCCN2)CC1.CC1=NCCNCCNCCN=C(C)c2cccc1n2.CN1CCN(C)CCN(C)CCN(C)CCN(C)CC1.C[C@@H]1CNCCNCCNCCNCCN1.[Cl][Mn][Cl].[Cl][Mn][Cl].[Cl][Mn][Cl].[Cl][Mn][Cl].[Cl][Mn][Cl].c1ccc(C2CNCCNCCNCCNCCN2)cc1. The number of aromatic nitrogens is 1. The molecule has 5 fully saturated rings. The van der Waals surface area contributed by atoms with Gasteiger partial charge in [-0.2, -0.15) is 0 Å². The molecule has 677 valence electrons. The zero-order chi connectivity index (χ0) is 84.1. The normalized spacial score (nSPS) is 22.5. The van der Waals surface area contributed by atoms with E-state index >= 15 is 0 Å². The van der Waals surface area contributed by atoms with Gasteiger partial charge in [-0.05, 0) is 86.0 Å². The smallest absolute Gasteiger partial charge is 0.0447 e. The molecule has 5 aliphatic heterocycles. The molecule has 0 spiro atoms. The van der Waals surface area contributed by atoms with Gasteiger partial charge in [0.2, 0.25) is 0 Å². The maximum atomic E-state index is 4.80. The van der Waals surface area contributed by atoms with Crippen molar-refractivity contribution < 1.29 is 65.7 Å². The Hall–Kier alpha value is 2.33. The predicted octanol–water partition coefficient (Wildman–Crippen LogP) is 5.75. The number of aliphatic imine (C=N–C) groups is 2. The van der Waals surface area contributed by atoms with Crippen LogP contribution in [0.4, 0.5) is 0 Å². The van der Waals surface area contributed by atoms with E-state index in [0.29, 0.717) is 18.1 Å². The molecule has 6 heterocycles. The first-order chi connectivity index (χ1) is 55.6. The average molecular weight is 2020 g/mol. The van der Waals surface area contributed by atoms with Gasteiger partial charge in [0.1, 0.15) is 0 Å². The molecule has 0 amide bonds. The van der Waals surface area contributed by atoms with Crippen LogP contribution in [0.3, 0.4) is 0 Å². The van der Waals surface area contributed by atoms with Crippen molar-refractivity contribution in [2.75, 3.05) is 317 Å². The summed E-state index contributed by atoms with van der Waals surface area (Å²) in [5, 5.41) is 59.2. The number of fused-ring (bicyclic) bond motifs is 2. The number of benzene rings is 1. The number of nitrogens with zero attached hydrogens (tertiary/aromatic N) is 8. The zero-order valence-corrected chi connectivity index (χ0v) is 83.3. The third-order valence-electron chi connectivity index (χ3n) is 18.8. The maximum absolute atomic E-state index is 4.80. The van der Waals surface area contributed by atoms with Gasteiger partial charge < -0.3 is 115 Å². The van der Waals surface area contributed by atoms with E-state index in [2.05, 4.69) is 202 Å². The molecule has 8 rings (SSSR count). The Labute approximate surface area is 765 Å². The van der Waals surface area contributed by atoms with E-state index in [1.165, 1.54) is 44.1 Å². The molecule has 1 aliphatic carbocycles. The summed E-state index contributed by atoms with van der Waals surface area (Å²) in [4.78, 5) is 26.0. The van der Waals surface area contributed by atoms with Crippen molar-refractivity contribution in [3.8, 4) is 0 Å². The molecular formula is C74H151Cl10Mn5N25. The first-order valence-corrected chi connectivity index (χ1v) is 56.8. The van der Waals surface area contributed by atoms with Gasteiger partial charge in [0.05, 0.1) is 35.9 Å². The molecule has 4 saturated heterocycles. The van der Waals surface area contributed by atoms with Crippen molar-refractivity contribution in [1.82, 2.24) is 120 Å². The molecule has 114 heavy (non-hydrogen) atoms.